The molecular weight excluding hydrogens is 219 g/mol. The van der Waals surface area contributed by atoms with Gasteiger partial charge in [0.1, 0.15) is 6.67 Å². The summed E-state index contributed by atoms with van der Waals surface area (Å²) in [7, 11) is 0. The Kier molecular flexibility index (Phi) is 4.73. The summed E-state index contributed by atoms with van der Waals surface area (Å²) in [5.74, 6) is -3.51. The van der Waals surface area contributed by atoms with E-state index in [4.69, 9.17) is 10.8 Å². The van der Waals surface area contributed by atoms with Crippen LogP contribution in [-0.2, 0) is 0 Å². The molecule has 14 heavy (non-hydrogen) atoms. The number of benzene rings is 1. The fourth-order valence-electron chi connectivity index (χ4n) is 0.937. The largest absolute Gasteiger partial charge is 0.505 e. The molecule has 0 aliphatic heterocycles. The van der Waals surface area contributed by atoms with Crippen molar-refractivity contribution < 1.29 is 18.3 Å². The highest BCUT2D eigenvalue weighted by atomic mass is 35.5. The number of halogens is 4. The number of phenols is 1. The predicted molar refractivity (Wildman–Crippen MR) is 48.2 cm³/mol. The van der Waals surface area contributed by atoms with Crippen molar-refractivity contribution in [1.82, 2.24) is 0 Å². The van der Waals surface area contributed by atoms with Crippen LogP contribution in [0, 0.1) is 11.6 Å². The molecule has 0 aliphatic carbocycles. The highest BCUT2D eigenvalue weighted by molar-refractivity contribution is 5.85. The van der Waals surface area contributed by atoms with Crippen molar-refractivity contribution in [2.75, 3.05) is 6.67 Å². The Hall–Kier alpha value is -0.940. The van der Waals surface area contributed by atoms with E-state index < -0.39 is 30.1 Å². The van der Waals surface area contributed by atoms with Gasteiger partial charge in [-0.3, -0.25) is 0 Å². The lowest BCUT2D eigenvalue weighted by molar-refractivity contribution is 0.381. The van der Waals surface area contributed by atoms with Crippen LogP contribution in [0.1, 0.15) is 11.6 Å². The molecule has 0 saturated heterocycles. The average Bonchev–Trinajstić information content (AvgIpc) is 2.13. The minimum atomic E-state index is -1.40. The summed E-state index contributed by atoms with van der Waals surface area (Å²) in [5, 5.41) is 9.02. The molecule has 0 heterocycles. The van der Waals surface area contributed by atoms with Crippen LogP contribution in [0.25, 0.3) is 0 Å². The Labute approximate surface area is 84.9 Å². The van der Waals surface area contributed by atoms with Crippen LogP contribution < -0.4 is 5.73 Å². The second kappa shape index (κ2) is 5.07. The van der Waals surface area contributed by atoms with Gasteiger partial charge in [0, 0.05) is 5.56 Å². The lowest BCUT2D eigenvalue weighted by Crippen LogP contribution is -2.13. The van der Waals surface area contributed by atoms with Gasteiger partial charge in [-0.1, -0.05) is 6.07 Å². The number of rotatable bonds is 2. The number of aromatic hydroxyl groups is 1. The molecular formula is C8H9ClF3NO. The molecule has 80 valence electrons. The molecule has 1 rings (SSSR count). The summed E-state index contributed by atoms with van der Waals surface area (Å²) in [6, 6.07) is 0.716. The van der Waals surface area contributed by atoms with Crippen molar-refractivity contribution in [2.24, 2.45) is 5.73 Å². The Morgan fingerprint density at radius 2 is 1.93 bits per heavy atom. The van der Waals surface area contributed by atoms with E-state index in [0.29, 0.717) is 0 Å². The number of nitrogens with two attached hydrogens (primary N) is 1. The van der Waals surface area contributed by atoms with E-state index in [1.165, 1.54) is 0 Å². The molecule has 0 fully saturated rings. The number of hydrogen-bond donors (Lipinski definition) is 2. The monoisotopic (exact) mass is 227 g/mol. The lowest BCUT2D eigenvalue weighted by Gasteiger charge is -2.09. The van der Waals surface area contributed by atoms with Crippen molar-refractivity contribution >= 4 is 12.4 Å². The highest BCUT2D eigenvalue weighted by Gasteiger charge is 2.16. The molecule has 0 unspecified atom stereocenters. The highest BCUT2D eigenvalue weighted by Crippen LogP contribution is 2.27. The van der Waals surface area contributed by atoms with Gasteiger partial charge in [-0.2, -0.15) is 4.39 Å². The zero-order valence-corrected chi connectivity index (χ0v) is 7.82. The minimum absolute atomic E-state index is 0. The summed E-state index contributed by atoms with van der Waals surface area (Å²) >= 11 is 0. The predicted octanol–water partition coefficient (Wildman–Crippen LogP) is 2.06. The minimum Gasteiger partial charge on any atom is -0.505 e. The smallest absolute Gasteiger partial charge is 0.200 e. The van der Waals surface area contributed by atoms with Gasteiger partial charge in [-0.15, -0.1) is 12.4 Å². The van der Waals surface area contributed by atoms with Crippen LogP contribution in [-0.4, -0.2) is 11.8 Å². The Bertz CT molecular complexity index is 322. The summed E-state index contributed by atoms with van der Waals surface area (Å²) in [6.07, 6.45) is 0. The first-order chi connectivity index (χ1) is 6.07. The van der Waals surface area contributed by atoms with Gasteiger partial charge in [-0.25, -0.2) is 8.78 Å². The van der Waals surface area contributed by atoms with Gasteiger partial charge < -0.3 is 10.8 Å². The molecule has 1 aromatic carbocycles. The number of alkyl halides is 1. The van der Waals surface area contributed by atoms with Crippen molar-refractivity contribution in [3.05, 3.63) is 29.3 Å². The van der Waals surface area contributed by atoms with E-state index in [0.717, 1.165) is 12.1 Å². The molecule has 0 radical (unpaired) electrons. The first-order valence-electron chi connectivity index (χ1n) is 3.56. The van der Waals surface area contributed by atoms with Crippen LogP contribution in [0.3, 0.4) is 0 Å². The fraction of sp³-hybridized carbons (Fsp3) is 0.250. The fourth-order valence-corrected chi connectivity index (χ4v) is 0.937. The Balaban J connectivity index is 0.00000169. The quantitative estimate of drug-likeness (QED) is 0.813. The van der Waals surface area contributed by atoms with Crippen LogP contribution >= 0.6 is 12.4 Å². The topological polar surface area (TPSA) is 46.2 Å². The summed E-state index contributed by atoms with van der Waals surface area (Å²) in [4.78, 5) is 0. The van der Waals surface area contributed by atoms with Crippen LogP contribution in [0.15, 0.2) is 12.1 Å². The molecule has 2 nitrogen and oxygen atoms in total. The molecule has 1 aromatic rings. The Morgan fingerprint density at radius 1 is 1.36 bits per heavy atom. The van der Waals surface area contributed by atoms with E-state index in [1.54, 1.807) is 0 Å². The molecule has 0 aliphatic rings. The summed E-state index contributed by atoms with van der Waals surface area (Å²) in [6.45, 7) is -0.946. The standard InChI is InChI=1S/C8H8F3NO.ClH/c9-3-6(12)4-1-2-5(10)7(11)8(4)13;/h1-2,6,13H,3,12H2;1H/t6-;/m1./s1. The zero-order chi connectivity index (χ0) is 10.0. The maximum atomic E-state index is 12.7. The molecule has 1 atom stereocenters. The number of phenolic OH excluding ortho intramolecular Hbond substituents is 1. The molecule has 0 saturated carbocycles. The second-order valence-corrected chi connectivity index (χ2v) is 2.56. The maximum absolute atomic E-state index is 12.7. The van der Waals surface area contributed by atoms with Crippen LogP contribution in [0.2, 0.25) is 0 Å². The third kappa shape index (κ3) is 2.30. The zero-order valence-electron chi connectivity index (χ0n) is 7.01. The molecule has 6 heteroatoms. The van der Waals surface area contributed by atoms with Crippen molar-refractivity contribution in [2.45, 2.75) is 6.04 Å². The molecule has 0 bridgehead atoms. The van der Waals surface area contributed by atoms with E-state index in [9.17, 15) is 13.2 Å². The molecule has 3 N–H and O–H groups in total. The van der Waals surface area contributed by atoms with Gasteiger partial charge in [0.05, 0.1) is 6.04 Å². The van der Waals surface area contributed by atoms with E-state index >= 15 is 0 Å². The molecule has 0 aromatic heterocycles. The van der Waals surface area contributed by atoms with Gasteiger partial charge in [0.2, 0.25) is 5.82 Å². The van der Waals surface area contributed by atoms with Gasteiger partial charge in [-0.05, 0) is 6.07 Å². The molecule has 0 amide bonds. The van der Waals surface area contributed by atoms with Crippen LogP contribution in [0.5, 0.6) is 5.75 Å². The first kappa shape index (κ1) is 13.1. The number of hydrogen-bond acceptors (Lipinski definition) is 2. The Morgan fingerprint density at radius 3 is 2.43 bits per heavy atom. The van der Waals surface area contributed by atoms with Crippen LogP contribution in [0.4, 0.5) is 13.2 Å². The van der Waals surface area contributed by atoms with Gasteiger partial charge in [0.15, 0.2) is 11.6 Å². The summed E-state index contributed by atoms with van der Waals surface area (Å²) in [5.41, 5.74) is 5.05. The summed E-state index contributed by atoms with van der Waals surface area (Å²) < 4.78 is 37.2. The SMILES string of the molecule is Cl.N[C@H](CF)c1ccc(F)c(F)c1O. The third-order valence-corrected chi connectivity index (χ3v) is 1.67. The van der Waals surface area contributed by atoms with E-state index in [2.05, 4.69) is 0 Å². The van der Waals surface area contributed by atoms with E-state index in [-0.39, 0.29) is 18.0 Å². The lowest BCUT2D eigenvalue weighted by atomic mass is 10.1. The van der Waals surface area contributed by atoms with Gasteiger partial charge >= 0.3 is 0 Å². The van der Waals surface area contributed by atoms with Crippen molar-refractivity contribution in [1.29, 1.82) is 0 Å². The first-order valence-corrected chi connectivity index (χ1v) is 3.56. The van der Waals surface area contributed by atoms with Gasteiger partial charge in [0.25, 0.3) is 0 Å². The second-order valence-electron chi connectivity index (χ2n) is 2.56. The maximum Gasteiger partial charge on any atom is 0.200 e. The van der Waals surface area contributed by atoms with Crippen molar-refractivity contribution in [3.8, 4) is 5.75 Å². The third-order valence-electron chi connectivity index (χ3n) is 1.67. The van der Waals surface area contributed by atoms with Crippen molar-refractivity contribution in [3.63, 3.8) is 0 Å². The normalized spacial score (nSPS) is 12.0. The average molecular weight is 228 g/mol. The van der Waals surface area contributed by atoms with E-state index in [1.807, 2.05) is 0 Å². The molecule has 0 spiro atoms.